The van der Waals surface area contributed by atoms with Crippen LogP contribution in [-0.4, -0.2) is 58.6 Å². The van der Waals surface area contributed by atoms with Crippen molar-refractivity contribution in [3.8, 4) is 6.07 Å². The molecule has 10 heteroatoms. The van der Waals surface area contributed by atoms with E-state index in [2.05, 4.69) is 31.9 Å². The third kappa shape index (κ3) is 6.41. The number of aromatic nitrogens is 2. The van der Waals surface area contributed by atoms with Crippen molar-refractivity contribution in [3.63, 3.8) is 0 Å². The van der Waals surface area contributed by atoms with Gasteiger partial charge < -0.3 is 16.0 Å². The molecule has 1 aromatic heterocycles. The maximum Gasteiger partial charge on any atom is 0.250 e. The average molecular weight is 624 g/mol. The number of alkyl halides is 2. The van der Waals surface area contributed by atoms with E-state index in [-0.39, 0.29) is 18.3 Å². The van der Waals surface area contributed by atoms with Crippen LogP contribution in [0.1, 0.15) is 81.8 Å². The molecule has 0 radical (unpaired) electrons. The fraction of sp³-hybridized carbons (Fsp3) is 0.676. The molecule has 1 aromatic carbocycles. The molecule has 6 fully saturated rings. The van der Waals surface area contributed by atoms with Gasteiger partial charge in [0.15, 0.2) is 0 Å². The summed E-state index contributed by atoms with van der Waals surface area (Å²) in [7, 11) is 0. The highest BCUT2D eigenvalue weighted by Gasteiger charge is 2.55. The van der Waals surface area contributed by atoms with Gasteiger partial charge in [-0.05, 0) is 92.6 Å². The lowest BCUT2D eigenvalue weighted by Crippen LogP contribution is -2.61. The molecule has 5 atom stereocenters. The van der Waals surface area contributed by atoms with Gasteiger partial charge >= 0.3 is 0 Å². The number of piperidine rings is 1. The van der Waals surface area contributed by atoms with Crippen molar-refractivity contribution >= 4 is 23.4 Å². The molecule has 236 valence electrons. The van der Waals surface area contributed by atoms with E-state index in [1.807, 2.05) is 24.3 Å². The van der Waals surface area contributed by atoms with Crippen molar-refractivity contribution in [2.45, 2.75) is 101 Å². The molecule has 5 aliphatic carbocycles. The number of nitrogens with one attached hydrogen (secondary N) is 3. The number of benzene rings is 1. The summed E-state index contributed by atoms with van der Waals surface area (Å²) in [6, 6.07) is 11.6. The molecule has 7 nitrogen and oxygen atoms in total. The van der Waals surface area contributed by atoms with Crippen molar-refractivity contribution in [2.24, 2.45) is 23.2 Å². The second-order valence-electron chi connectivity index (χ2n) is 14.4. The fourth-order valence-corrected chi connectivity index (χ4v) is 9.75. The van der Waals surface area contributed by atoms with Gasteiger partial charge in [0.1, 0.15) is 17.5 Å². The van der Waals surface area contributed by atoms with E-state index in [9.17, 15) is 14.0 Å². The predicted octanol–water partition coefficient (Wildman–Crippen LogP) is 6.85. The largest absolute Gasteiger partial charge is 0.368 e. The van der Waals surface area contributed by atoms with E-state index in [0.717, 1.165) is 43.7 Å². The predicted molar refractivity (Wildman–Crippen MR) is 169 cm³/mol. The first-order chi connectivity index (χ1) is 21.3. The lowest BCUT2D eigenvalue weighted by Gasteiger charge is -2.61. The molecule has 1 aliphatic heterocycles. The van der Waals surface area contributed by atoms with Crippen molar-refractivity contribution in [1.29, 1.82) is 5.26 Å². The summed E-state index contributed by atoms with van der Waals surface area (Å²) in [5, 5.41) is 21.5. The van der Waals surface area contributed by atoms with E-state index in [1.54, 1.807) is 6.20 Å². The summed E-state index contributed by atoms with van der Waals surface area (Å²) >= 11 is 6.31. The Balaban J connectivity index is 0.939. The summed E-state index contributed by atoms with van der Waals surface area (Å²) in [5.41, 5.74) is 1.67. The minimum Gasteiger partial charge on any atom is -0.368 e. The first kappa shape index (κ1) is 30.1. The first-order valence-corrected chi connectivity index (χ1v) is 17.0. The zero-order valence-corrected chi connectivity index (χ0v) is 26.1. The van der Waals surface area contributed by atoms with Gasteiger partial charge in [-0.15, -0.1) is 0 Å². The summed E-state index contributed by atoms with van der Waals surface area (Å²) in [5.74, 6) is 0.788. The van der Waals surface area contributed by atoms with Crippen molar-refractivity contribution < 1.29 is 8.78 Å². The Morgan fingerprint density at radius 2 is 1.73 bits per heavy atom. The quantitative estimate of drug-likeness (QED) is 0.281. The van der Waals surface area contributed by atoms with Gasteiger partial charge in [-0.3, -0.25) is 4.90 Å². The Morgan fingerprint density at radius 3 is 2.43 bits per heavy atom. The number of nitrogens with zero attached hydrogens (tertiary/aromatic N) is 4. The Bertz CT molecular complexity index is 1350. The van der Waals surface area contributed by atoms with Gasteiger partial charge in [-0.1, -0.05) is 29.8 Å². The molecule has 2 aromatic rings. The molecule has 5 saturated carbocycles. The van der Waals surface area contributed by atoms with Crippen molar-refractivity contribution in [3.05, 3.63) is 46.6 Å². The standard InChI is InChI=1S/C34H44ClF2N7/c35-29-4-2-1-3-23(29)19-39-32-40-20-26(18-38)31(43-32)41-21-33-15-22-13-24(16-33)30(25(14-22)17-33)42-27-5-7-28(8-6-27)44-11-9-34(36,37)10-12-44/h1-4,20,22,24-25,27-28,30,42H,5-17,19,21H2,(H2,39,40,41,43)/t22?,24-,25+,27?,28?,30+,33-. The number of halogens is 3. The summed E-state index contributed by atoms with van der Waals surface area (Å²) in [6.45, 7) is 2.43. The number of nitriles is 1. The molecule has 44 heavy (non-hydrogen) atoms. The normalized spacial score (nSPS) is 34.4. The number of hydrogen-bond acceptors (Lipinski definition) is 7. The average Bonchev–Trinajstić information content (AvgIpc) is 3.01. The topological polar surface area (TPSA) is 88.9 Å². The third-order valence-corrected chi connectivity index (χ3v) is 11.9. The number of hydrogen-bond donors (Lipinski definition) is 3. The van der Waals surface area contributed by atoms with Crippen LogP contribution in [0.25, 0.3) is 0 Å². The summed E-state index contributed by atoms with van der Waals surface area (Å²) in [6.07, 6.45) is 12.5. The van der Waals surface area contributed by atoms with Crippen molar-refractivity contribution in [2.75, 3.05) is 30.3 Å². The van der Waals surface area contributed by atoms with E-state index in [0.29, 0.717) is 71.9 Å². The van der Waals surface area contributed by atoms with Crippen LogP contribution in [0.3, 0.4) is 0 Å². The molecule has 2 heterocycles. The van der Waals surface area contributed by atoms with E-state index >= 15 is 0 Å². The van der Waals surface area contributed by atoms with Gasteiger partial charge in [-0.2, -0.15) is 10.2 Å². The van der Waals surface area contributed by atoms with Crippen LogP contribution >= 0.6 is 11.6 Å². The van der Waals surface area contributed by atoms with E-state index in [4.69, 9.17) is 16.6 Å². The molecule has 0 spiro atoms. The lowest BCUT2D eigenvalue weighted by atomic mass is 9.47. The molecule has 1 unspecified atom stereocenters. The summed E-state index contributed by atoms with van der Waals surface area (Å²) < 4.78 is 27.3. The molecular formula is C34H44ClF2N7. The third-order valence-electron chi connectivity index (χ3n) is 11.5. The maximum absolute atomic E-state index is 13.7. The van der Waals surface area contributed by atoms with Gasteiger partial charge in [-0.25, -0.2) is 13.8 Å². The highest BCUT2D eigenvalue weighted by Crippen LogP contribution is 2.60. The Hall–Kier alpha value is -2.54. The smallest absolute Gasteiger partial charge is 0.250 e. The lowest BCUT2D eigenvalue weighted by molar-refractivity contribution is -0.0760. The molecule has 1 saturated heterocycles. The highest BCUT2D eigenvalue weighted by molar-refractivity contribution is 6.31. The fourth-order valence-electron chi connectivity index (χ4n) is 9.55. The minimum absolute atomic E-state index is 0.0189. The van der Waals surface area contributed by atoms with Crippen LogP contribution in [0.5, 0.6) is 0 Å². The second kappa shape index (κ2) is 12.3. The van der Waals surface area contributed by atoms with Crippen LogP contribution in [-0.2, 0) is 6.54 Å². The first-order valence-electron chi connectivity index (χ1n) is 16.6. The zero-order valence-electron chi connectivity index (χ0n) is 25.4. The number of anilines is 2. The minimum atomic E-state index is -2.47. The van der Waals surface area contributed by atoms with Crippen molar-refractivity contribution in [1.82, 2.24) is 20.2 Å². The van der Waals surface area contributed by atoms with E-state index in [1.165, 1.54) is 32.1 Å². The van der Waals surface area contributed by atoms with Crippen LogP contribution < -0.4 is 16.0 Å². The molecular weight excluding hydrogens is 580 g/mol. The van der Waals surface area contributed by atoms with Gasteiger partial charge in [0.25, 0.3) is 5.92 Å². The maximum atomic E-state index is 13.7. The summed E-state index contributed by atoms with van der Waals surface area (Å²) in [4.78, 5) is 11.4. The Kier molecular flexibility index (Phi) is 8.45. The van der Waals surface area contributed by atoms with Crippen LogP contribution in [0.2, 0.25) is 5.02 Å². The monoisotopic (exact) mass is 623 g/mol. The van der Waals surface area contributed by atoms with Crippen LogP contribution in [0.4, 0.5) is 20.5 Å². The number of rotatable bonds is 9. The Morgan fingerprint density at radius 1 is 1.00 bits per heavy atom. The van der Waals surface area contributed by atoms with Crippen LogP contribution in [0, 0.1) is 34.5 Å². The second-order valence-corrected chi connectivity index (χ2v) is 14.8. The van der Waals surface area contributed by atoms with Gasteiger partial charge in [0, 0.05) is 62.2 Å². The number of likely N-dealkylation sites (tertiary alicyclic amines) is 1. The van der Waals surface area contributed by atoms with E-state index < -0.39 is 5.92 Å². The van der Waals surface area contributed by atoms with Gasteiger partial charge in [0.05, 0.1) is 6.20 Å². The zero-order chi connectivity index (χ0) is 30.3. The SMILES string of the molecule is N#Cc1cnc(NCc2ccccc2Cl)nc1NC[C@]12CC3C[C@H](C1)[C@H](NC1CCC(N4CCC(F)(F)CC4)CC1)[C@@H](C3)C2. The molecule has 6 aliphatic rings. The Labute approximate surface area is 264 Å². The molecule has 4 bridgehead atoms. The van der Waals surface area contributed by atoms with Crippen LogP contribution in [0.15, 0.2) is 30.5 Å². The highest BCUT2D eigenvalue weighted by atomic mass is 35.5. The molecule has 8 rings (SSSR count). The van der Waals surface area contributed by atoms with Gasteiger partial charge in [0.2, 0.25) is 5.95 Å². The molecule has 0 amide bonds. The molecule has 3 N–H and O–H groups in total.